The quantitative estimate of drug-likeness (QED) is 0.832. The summed E-state index contributed by atoms with van der Waals surface area (Å²) in [7, 11) is 0. The minimum atomic E-state index is 0.477. The number of hydrogen-bond donors (Lipinski definition) is 1. The van der Waals surface area contributed by atoms with E-state index in [1.807, 2.05) is 30.6 Å². The lowest BCUT2D eigenvalue weighted by Gasteiger charge is -2.10. The topological polar surface area (TPSA) is 34.2 Å². The van der Waals surface area contributed by atoms with Crippen molar-refractivity contribution in [3.05, 3.63) is 59.9 Å². The fourth-order valence-corrected chi connectivity index (χ4v) is 2.45. The summed E-state index contributed by atoms with van der Waals surface area (Å²) in [4.78, 5) is 4.12. The lowest BCUT2D eigenvalue weighted by atomic mass is 10.0. The summed E-state index contributed by atoms with van der Waals surface area (Å²) in [6, 6.07) is 12.4. The van der Waals surface area contributed by atoms with E-state index < -0.39 is 0 Å². The summed E-state index contributed by atoms with van der Waals surface area (Å²) in [5, 5.41) is 3.51. The number of pyridine rings is 1. The van der Waals surface area contributed by atoms with Crippen molar-refractivity contribution < 1.29 is 4.74 Å². The van der Waals surface area contributed by atoms with Crippen LogP contribution in [0.4, 0.5) is 0 Å². The molecule has 1 aromatic heterocycles. The fourth-order valence-electron chi connectivity index (χ4n) is 2.45. The lowest BCUT2D eigenvalue weighted by molar-refractivity contribution is 0.327. The highest BCUT2D eigenvalue weighted by Crippen LogP contribution is 2.32. The first-order chi connectivity index (χ1) is 9.43. The third-order valence-electron chi connectivity index (χ3n) is 3.50. The fraction of sp³-hybridized carbons (Fsp3) is 0.312. The van der Waals surface area contributed by atoms with Crippen molar-refractivity contribution >= 4 is 0 Å². The molecule has 1 aliphatic rings. The van der Waals surface area contributed by atoms with E-state index in [2.05, 4.69) is 28.5 Å². The van der Waals surface area contributed by atoms with Crippen LogP contribution in [0.15, 0.2) is 48.8 Å². The van der Waals surface area contributed by atoms with Crippen molar-refractivity contribution in [1.82, 2.24) is 10.3 Å². The van der Waals surface area contributed by atoms with Crippen LogP contribution in [-0.4, -0.2) is 24.7 Å². The zero-order valence-electron chi connectivity index (χ0n) is 10.9. The maximum absolute atomic E-state index is 5.68. The highest BCUT2D eigenvalue weighted by Gasteiger charge is 2.22. The Labute approximate surface area is 113 Å². The van der Waals surface area contributed by atoms with Gasteiger partial charge in [-0.2, -0.15) is 0 Å². The molecule has 1 unspecified atom stereocenters. The Kier molecular flexibility index (Phi) is 3.75. The highest BCUT2D eigenvalue weighted by atomic mass is 16.5. The van der Waals surface area contributed by atoms with E-state index in [1.54, 1.807) is 0 Å². The summed E-state index contributed by atoms with van der Waals surface area (Å²) in [5.74, 6) is 1.52. The van der Waals surface area contributed by atoms with Crippen molar-refractivity contribution in [2.75, 3.05) is 19.7 Å². The van der Waals surface area contributed by atoms with E-state index in [-0.39, 0.29) is 0 Å². The molecule has 98 valence electrons. The van der Waals surface area contributed by atoms with Gasteiger partial charge in [-0.1, -0.05) is 24.3 Å². The number of aromatic nitrogens is 1. The van der Waals surface area contributed by atoms with Crippen LogP contribution in [0.5, 0.6) is 5.75 Å². The molecule has 0 aliphatic carbocycles. The van der Waals surface area contributed by atoms with Crippen LogP contribution in [0.3, 0.4) is 0 Å². The molecule has 1 aromatic carbocycles. The van der Waals surface area contributed by atoms with E-state index in [0.717, 1.165) is 31.9 Å². The predicted octanol–water partition coefficient (Wildman–Crippen LogP) is 2.39. The Morgan fingerprint density at radius 2 is 2.16 bits per heavy atom. The Balaban J connectivity index is 1.47. The number of nitrogens with zero attached hydrogens (tertiary/aromatic N) is 1. The van der Waals surface area contributed by atoms with Gasteiger partial charge in [-0.25, -0.2) is 0 Å². The van der Waals surface area contributed by atoms with E-state index in [4.69, 9.17) is 4.74 Å². The van der Waals surface area contributed by atoms with Crippen LogP contribution in [0, 0.1) is 0 Å². The average Bonchev–Trinajstić information content (AvgIpc) is 2.88. The normalized spacial score (nSPS) is 16.9. The van der Waals surface area contributed by atoms with E-state index >= 15 is 0 Å². The molecule has 1 aliphatic heterocycles. The predicted molar refractivity (Wildman–Crippen MR) is 75.5 cm³/mol. The van der Waals surface area contributed by atoms with Gasteiger partial charge in [0.05, 0.1) is 6.61 Å². The summed E-state index contributed by atoms with van der Waals surface area (Å²) >= 11 is 0. The zero-order chi connectivity index (χ0) is 12.9. The number of hydrogen-bond acceptors (Lipinski definition) is 3. The number of fused-ring (bicyclic) bond motifs is 1. The Morgan fingerprint density at radius 1 is 1.21 bits per heavy atom. The molecule has 2 heterocycles. The van der Waals surface area contributed by atoms with Gasteiger partial charge >= 0.3 is 0 Å². The second-order valence-corrected chi connectivity index (χ2v) is 4.86. The highest BCUT2D eigenvalue weighted by molar-refractivity contribution is 5.39. The Morgan fingerprint density at radius 3 is 3.05 bits per heavy atom. The second-order valence-electron chi connectivity index (χ2n) is 4.86. The third-order valence-corrected chi connectivity index (χ3v) is 3.50. The lowest BCUT2D eigenvalue weighted by Crippen LogP contribution is -2.24. The molecule has 1 N–H and O–H groups in total. The van der Waals surface area contributed by atoms with Gasteiger partial charge in [-0.05, 0) is 30.7 Å². The molecule has 0 radical (unpaired) electrons. The first-order valence-electron chi connectivity index (χ1n) is 6.75. The third kappa shape index (κ3) is 2.93. The number of nitrogens with one attached hydrogen (secondary N) is 1. The summed E-state index contributed by atoms with van der Waals surface area (Å²) in [6.07, 6.45) is 4.75. The molecule has 0 spiro atoms. The SMILES string of the molecule is c1cncc(CCNCC2COc3ccccc32)c1. The molecule has 0 saturated carbocycles. The maximum Gasteiger partial charge on any atom is 0.122 e. The number of ether oxygens (including phenoxy) is 1. The van der Waals surface area contributed by atoms with Crippen LogP contribution in [0.2, 0.25) is 0 Å². The van der Waals surface area contributed by atoms with Crippen LogP contribution in [-0.2, 0) is 6.42 Å². The van der Waals surface area contributed by atoms with Gasteiger partial charge in [0, 0.05) is 30.4 Å². The first-order valence-corrected chi connectivity index (χ1v) is 6.75. The summed E-state index contributed by atoms with van der Waals surface area (Å²) in [6.45, 7) is 2.74. The molecule has 19 heavy (non-hydrogen) atoms. The van der Waals surface area contributed by atoms with E-state index in [0.29, 0.717) is 5.92 Å². The largest absolute Gasteiger partial charge is 0.493 e. The van der Waals surface area contributed by atoms with Crippen molar-refractivity contribution in [1.29, 1.82) is 0 Å². The van der Waals surface area contributed by atoms with Gasteiger partial charge in [0.1, 0.15) is 5.75 Å². The molecule has 1 atom stereocenters. The molecule has 0 amide bonds. The van der Waals surface area contributed by atoms with Crippen LogP contribution in [0.25, 0.3) is 0 Å². The van der Waals surface area contributed by atoms with Crippen LogP contribution in [0.1, 0.15) is 17.0 Å². The Hall–Kier alpha value is -1.87. The van der Waals surface area contributed by atoms with Gasteiger partial charge in [-0.3, -0.25) is 4.98 Å². The first kappa shape index (κ1) is 12.2. The molecular weight excluding hydrogens is 236 g/mol. The summed E-state index contributed by atoms with van der Waals surface area (Å²) in [5.41, 5.74) is 2.61. The Bertz CT molecular complexity index is 527. The van der Waals surface area contributed by atoms with Crippen LogP contribution < -0.4 is 10.1 Å². The van der Waals surface area contributed by atoms with E-state index in [1.165, 1.54) is 11.1 Å². The zero-order valence-corrected chi connectivity index (χ0v) is 10.9. The van der Waals surface area contributed by atoms with E-state index in [9.17, 15) is 0 Å². The number of benzene rings is 1. The number of para-hydroxylation sites is 1. The van der Waals surface area contributed by atoms with Gasteiger partial charge < -0.3 is 10.1 Å². The van der Waals surface area contributed by atoms with Gasteiger partial charge in [0.15, 0.2) is 0 Å². The second kappa shape index (κ2) is 5.85. The molecule has 3 heteroatoms. The molecule has 2 aromatic rings. The number of rotatable bonds is 5. The minimum Gasteiger partial charge on any atom is -0.493 e. The van der Waals surface area contributed by atoms with Gasteiger partial charge in [-0.15, -0.1) is 0 Å². The van der Waals surface area contributed by atoms with Crippen molar-refractivity contribution in [3.63, 3.8) is 0 Å². The molecule has 0 fully saturated rings. The molecule has 3 rings (SSSR count). The average molecular weight is 254 g/mol. The molecule has 0 bridgehead atoms. The standard InChI is InChI=1S/C16H18N2O/c1-2-6-16-15(5-1)14(12-19-16)11-18-9-7-13-4-3-8-17-10-13/h1-6,8,10,14,18H,7,9,11-12H2. The van der Waals surface area contributed by atoms with Crippen molar-refractivity contribution in [3.8, 4) is 5.75 Å². The minimum absolute atomic E-state index is 0.477. The molecule has 0 saturated heterocycles. The molecule has 3 nitrogen and oxygen atoms in total. The van der Waals surface area contributed by atoms with Gasteiger partial charge in [0.2, 0.25) is 0 Å². The van der Waals surface area contributed by atoms with Gasteiger partial charge in [0.25, 0.3) is 0 Å². The maximum atomic E-state index is 5.68. The monoisotopic (exact) mass is 254 g/mol. The van der Waals surface area contributed by atoms with Crippen molar-refractivity contribution in [2.24, 2.45) is 0 Å². The smallest absolute Gasteiger partial charge is 0.122 e. The summed E-state index contributed by atoms with van der Waals surface area (Å²) < 4.78 is 5.68. The van der Waals surface area contributed by atoms with Crippen molar-refractivity contribution in [2.45, 2.75) is 12.3 Å². The molecular formula is C16H18N2O. The van der Waals surface area contributed by atoms with Crippen LogP contribution >= 0.6 is 0 Å².